The molecule has 0 radical (unpaired) electrons. The van der Waals surface area contributed by atoms with E-state index in [4.69, 9.17) is 11.6 Å². The molecule has 1 aromatic heterocycles. The van der Waals surface area contributed by atoms with Gasteiger partial charge in [0.05, 0.1) is 0 Å². The van der Waals surface area contributed by atoms with E-state index in [0.29, 0.717) is 23.6 Å². The zero-order chi connectivity index (χ0) is 18.4. The molecular weight excluding hydrogens is 336 g/mol. The first kappa shape index (κ1) is 19.1. The average Bonchev–Trinajstić information content (AvgIpc) is 2.53. The number of ketones is 1. The minimum Gasteiger partial charge on any atom is -0.346 e. The number of benzene rings is 1. The molecule has 25 heavy (non-hydrogen) atoms. The van der Waals surface area contributed by atoms with Crippen molar-refractivity contribution in [3.8, 4) is 0 Å². The van der Waals surface area contributed by atoms with E-state index in [1.165, 1.54) is 0 Å². The second kappa shape index (κ2) is 8.26. The molecule has 0 fully saturated rings. The molecule has 0 aliphatic rings. The van der Waals surface area contributed by atoms with Gasteiger partial charge in [0.15, 0.2) is 0 Å². The van der Waals surface area contributed by atoms with Crippen molar-refractivity contribution < 1.29 is 9.59 Å². The average molecular weight is 359 g/mol. The zero-order valence-electron chi connectivity index (χ0n) is 14.8. The Hall–Kier alpha value is -2.20. The third-order valence-electron chi connectivity index (χ3n) is 3.58. The molecule has 132 valence electrons. The number of nitrogens with one attached hydrogen (secondary N) is 1. The lowest BCUT2D eigenvalue weighted by atomic mass is 10.0. The van der Waals surface area contributed by atoms with Crippen molar-refractivity contribution in [3.63, 3.8) is 0 Å². The number of Topliss-reactive ketones (excluding diaryl/α,β-unsaturated/α-hetero) is 1. The van der Waals surface area contributed by atoms with Crippen LogP contribution in [0, 0.1) is 0 Å². The van der Waals surface area contributed by atoms with E-state index in [9.17, 15) is 9.59 Å². The Kier molecular flexibility index (Phi) is 6.32. The Bertz CT molecular complexity index is 766. The van der Waals surface area contributed by atoms with Gasteiger partial charge in [-0.2, -0.15) is 0 Å². The number of carbonyl (C=O) groups is 2. The molecule has 0 aliphatic carbocycles. The van der Waals surface area contributed by atoms with Crippen molar-refractivity contribution in [1.82, 2.24) is 10.3 Å². The van der Waals surface area contributed by atoms with Gasteiger partial charge in [0, 0.05) is 29.6 Å². The number of pyridine rings is 1. The predicted molar refractivity (Wildman–Crippen MR) is 99.9 cm³/mol. The molecule has 0 aliphatic heterocycles. The van der Waals surface area contributed by atoms with Crippen LogP contribution in [0.4, 0.5) is 0 Å². The fourth-order valence-corrected chi connectivity index (χ4v) is 2.63. The number of hydrogen-bond acceptors (Lipinski definition) is 3. The molecule has 0 saturated heterocycles. The lowest BCUT2D eigenvalue weighted by molar-refractivity contribution is -0.118. The highest BCUT2D eigenvalue weighted by Gasteiger charge is 2.17. The molecule has 4 nitrogen and oxygen atoms in total. The van der Waals surface area contributed by atoms with Gasteiger partial charge in [-0.3, -0.25) is 14.6 Å². The number of amides is 1. The molecular formula is C20H23ClN2O2. The molecule has 0 unspecified atom stereocenters. The van der Waals surface area contributed by atoms with Crippen LogP contribution in [0.5, 0.6) is 0 Å². The van der Waals surface area contributed by atoms with Crippen LogP contribution in [-0.4, -0.2) is 22.2 Å². The van der Waals surface area contributed by atoms with E-state index in [1.54, 1.807) is 18.3 Å². The number of aromatic nitrogens is 1. The van der Waals surface area contributed by atoms with Gasteiger partial charge in [0.25, 0.3) is 5.91 Å². The molecule has 1 heterocycles. The summed E-state index contributed by atoms with van der Waals surface area (Å²) >= 11 is 6.11. The molecule has 0 spiro atoms. The molecule has 2 rings (SSSR count). The summed E-state index contributed by atoms with van der Waals surface area (Å²) in [5, 5.41) is 3.55. The topological polar surface area (TPSA) is 59.1 Å². The summed E-state index contributed by atoms with van der Waals surface area (Å²) in [6, 6.07) is 11.0. The quantitative estimate of drug-likeness (QED) is 0.848. The highest BCUT2D eigenvalue weighted by Crippen LogP contribution is 2.17. The van der Waals surface area contributed by atoms with Crippen molar-refractivity contribution >= 4 is 23.3 Å². The summed E-state index contributed by atoms with van der Waals surface area (Å²) in [4.78, 5) is 28.5. The molecule has 1 N–H and O–H groups in total. The smallest absolute Gasteiger partial charge is 0.270 e. The van der Waals surface area contributed by atoms with E-state index in [2.05, 4.69) is 10.3 Å². The van der Waals surface area contributed by atoms with Crippen LogP contribution in [-0.2, 0) is 17.6 Å². The van der Waals surface area contributed by atoms with E-state index in [-0.39, 0.29) is 23.7 Å². The maximum Gasteiger partial charge on any atom is 0.270 e. The summed E-state index contributed by atoms with van der Waals surface area (Å²) < 4.78 is 0. The SMILES string of the molecule is CC(C)(C)NC(=O)c1cc(CC(=O)CCc2ccccc2Cl)ccn1. The largest absolute Gasteiger partial charge is 0.346 e. The molecule has 1 amide bonds. The number of nitrogens with zero attached hydrogens (tertiary/aromatic N) is 1. The van der Waals surface area contributed by atoms with Crippen LogP contribution in [0.2, 0.25) is 5.02 Å². The summed E-state index contributed by atoms with van der Waals surface area (Å²) in [7, 11) is 0. The standard InChI is InChI=1S/C20H23ClN2O2/c1-20(2,3)23-19(25)18-13-14(10-11-22-18)12-16(24)9-8-15-6-4-5-7-17(15)21/h4-7,10-11,13H,8-9,12H2,1-3H3,(H,23,25). The van der Waals surface area contributed by atoms with Crippen molar-refractivity contribution in [3.05, 3.63) is 64.4 Å². The van der Waals surface area contributed by atoms with Crippen molar-refractivity contribution in [2.75, 3.05) is 0 Å². The van der Waals surface area contributed by atoms with Gasteiger partial charge >= 0.3 is 0 Å². The monoisotopic (exact) mass is 358 g/mol. The number of aryl methyl sites for hydroxylation is 1. The number of halogens is 1. The van der Waals surface area contributed by atoms with Gasteiger partial charge in [-0.05, 0) is 56.5 Å². The summed E-state index contributed by atoms with van der Waals surface area (Å²) in [5.74, 6) is -0.133. The van der Waals surface area contributed by atoms with Crippen molar-refractivity contribution in [2.45, 2.75) is 45.6 Å². The van der Waals surface area contributed by atoms with Crippen LogP contribution in [0.3, 0.4) is 0 Å². The third kappa shape index (κ3) is 6.31. The van der Waals surface area contributed by atoms with Crippen molar-refractivity contribution in [2.24, 2.45) is 0 Å². The minimum atomic E-state index is -0.334. The summed E-state index contributed by atoms with van der Waals surface area (Å²) in [6.45, 7) is 5.73. The Morgan fingerprint density at radius 3 is 2.56 bits per heavy atom. The lowest BCUT2D eigenvalue weighted by Gasteiger charge is -2.20. The van der Waals surface area contributed by atoms with E-state index in [1.807, 2.05) is 45.0 Å². The van der Waals surface area contributed by atoms with Gasteiger partial charge in [-0.15, -0.1) is 0 Å². The highest BCUT2D eigenvalue weighted by molar-refractivity contribution is 6.31. The maximum absolute atomic E-state index is 12.2. The number of hydrogen-bond donors (Lipinski definition) is 1. The van der Waals surface area contributed by atoms with Crippen LogP contribution in [0.1, 0.15) is 48.8 Å². The Labute approximate surface area is 153 Å². The minimum absolute atomic E-state index is 0.105. The molecule has 0 atom stereocenters. The second-order valence-corrected chi connectivity index (χ2v) is 7.47. The molecule has 5 heteroatoms. The van der Waals surface area contributed by atoms with Gasteiger partial charge < -0.3 is 5.32 Å². The predicted octanol–water partition coefficient (Wildman–Crippen LogP) is 4.01. The Morgan fingerprint density at radius 2 is 1.88 bits per heavy atom. The van der Waals surface area contributed by atoms with Crippen LogP contribution < -0.4 is 5.32 Å². The first-order valence-electron chi connectivity index (χ1n) is 8.27. The van der Waals surface area contributed by atoms with E-state index < -0.39 is 0 Å². The van der Waals surface area contributed by atoms with Crippen LogP contribution >= 0.6 is 11.6 Å². The van der Waals surface area contributed by atoms with E-state index in [0.717, 1.165) is 11.1 Å². The van der Waals surface area contributed by atoms with Crippen LogP contribution in [0.15, 0.2) is 42.6 Å². The van der Waals surface area contributed by atoms with E-state index >= 15 is 0 Å². The fourth-order valence-electron chi connectivity index (χ4n) is 2.40. The molecule has 0 bridgehead atoms. The van der Waals surface area contributed by atoms with Crippen LogP contribution in [0.25, 0.3) is 0 Å². The molecule has 0 saturated carbocycles. The molecule has 2 aromatic rings. The van der Waals surface area contributed by atoms with Crippen molar-refractivity contribution in [1.29, 1.82) is 0 Å². The normalized spacial score (nSPS) is 11.2. The zero-order valence-corrected chi connectivity index (χ0v) is 15.6. The Balaban J connectivity index is 1.96. The van der Waals surface area contributed by atoms with Gasteiger partial charge in [-0.1, -0.05) is 29.8 Å². The highest BCUT2D eigenvalue weighted by atomic mass is 35.5. The summed E-state index contributed by atoms with van der Waals surface area (Å²) in [6.07, 6.45) is 2.87. The Morgan fingerprint density at radius 1 is 1.16 bits per heavy atom. The fraction of sp³-hybridized carbons (Fsp3) is 0.350. The van der Waals surface area contributed by atoms with Gasteiger partial charge in [-0.25, -0.2) is 0 Å². The first-order chi connectivity index (χ1) is 11.7. The lowest BCUT2D eigenvalue weighted by Crippen LogP contribution is -2.40. The third-order valence-corrected chi connectivity index (χ3v) is 3.95. The number of rotatable bonds is 6. The number of carbonyl (C=O) groups excluding carboxylic acids is 2. The van der Waals surface area contributed by atoms with Gasteiger partial charge in [0.2, 0.25) is 0 Å². The first-order valence-corrected chi connectivity index (χ1v) is 8.65. The summed E-state index contributed by atoms with van der Waals surface area (Å²) in [5.41, 5.74) is 1.75. The second-order valence-electron chi connectivity index (χ2n) is 7.06. The maximum atomic E-state index is 12.2. The molecule has 1 aromatic carbocycles. The van der Waals surface area contributed by atoms with Gasteiger partial charge in [0.1, 0.15) is 11.5 Å².